The Hall–Kier alpha value is -3.26. The van der Waals surface area contributed by atoms with Crippen molar-refractivity contribution in [3.05, 3.63) is 59.2 Å². The third-order valence-electron chi connectivity index (χ3n) is 5.73. The fourth-order valence-electron chi connectivity index (χ4n) is 3.99. The van der Waals surface area contributed by atoms with Gasteiger partial charge in [-0.1, -0.05) is 6.08 Å². The van der Waals surface area contributed by atoms with Crippen LogP contribution in [0.5, 0.6) is 0 Å². The number of amides is 1. The maximum absolute atomic E-state index is 13.1. The van der Waals surface area contributed by atoms with Crippen LogP contribution >= 0.6 is 0 Å². The Balaban J connectivity index is 0.00000218. The van der Waals surface area contributed by atoms with Crippen molar-refractivity contribution in [2.24, 2.45) is 0 Å². The molecule has 4 heterocycles. The molecule has 1 fully saturated rings. The second-order valence-electron chi connectivity index (χ2n) is 7.52. The van der Waals surface area contributed by atoms with Gasteiger partial charge in [0.1, 0.15) is 0 Å². The van der Waals surface area contributed by atoms with E-state index in [9.17, 15) is 4.79 Å². The predicted molar refractivity (Wildman–Crippen MR) is 113 cm³/mol. The molecule has 8 nitrogen and oxygen atoms in total. The Morgan fingerprint density at radius 1 is 1.21 bits per heavy atom. The van der Waals surface area contributed by atoms with Crippen molar-refractivity contribution in [1.82, 2.24) is 29.4 Å². The number of likely N-dealkylation sites (N-methyl/N-ethyl adjacent to an activating group) is 1. The fraction of sp³-hybridized carbons (Fsp3) is 0.333. The van der Waals surface area contributed by atoms with Crippen LogP contribution in [0.25, 0.3) is 11.1 Å². The van der Waals surface area contributed by atoms with Gasteiger partial charge in [0.2, 0.25) is 5.95 Å². The van der Waals surface area contributed by atoms with Crippen molar-refractivity contribution in [3.63, 3.8) is 0 Å². The van der Waals surface area contributed by atoms with Crippen molar-refractivity contribution in [2.75, 3.05) is 45.6 Å². The van der Waals surface area contributed by atoms with Crippen LogP contribution in [0.4, 0.5) is 5.95 Å². The second kappa shape index (κ2) is 6.97. The van der Waals surface area contributed by atoms with Crippen LogP contribution in [0.15, 0.2) is 36.8 Å². The lowest BCUT2D eigenvalue weighted by Crippen LogP contribution is -2.47. The third-order valence-corrected chi connectivity index (χ3v) is 5.73. The summed E-state index contributed by atoms with van der Waals surface area (Å²) in [4.78, 5) is 26.2. The van der Waals surface area contributed by atoms with Gasteiger partial charge in [-0.25, -0.2) is 14.5 Å². The topological polar surface area (TPSA) is 78.7 Å². The molecule has 1 amide bonds. The number of piperazine rings is 1. The Morgan fingerprint density at radius 2 is 2.03 bits per heavy atom. The van der Waals surface area contributed by atoms with E-state index < -0.39 is 0 Å². The molecule has 8 heteroatoms. The maximum atomic E-state index is 13.1. The summed E-state index contributed by atoms with van der Waals surface area (Å²) in [6.07, 6.45) is 8.40. The van der Waals surface area contributed by atoms with Crippen molar-refractivity contribution in [2.45, 2.75) is 6.42 Å². The number of hydrogen-bond acceptors (Lipinski definition) is 6. The fourth-order valence-corrected chi connectivity index (χ4v) is 3.99. The zero-order valence-corrected chi connectivity index (χ0v) is 16.6. The van der Waals surface area contributed by atoms with Crippen LogP contribution in [-0.4, -0.2) is 75.6 Å². The number of anilines is 1. The van der Waals surface area contributed by atoms with Gasteiger partial charge in [-0.2, -0.15) is 5.10 Å². The van der Waals surface area contributed by atoms with Crippen LogP contribution in [0.1, 0.15) is 28.6 Å². The van der Waals surface area contributed by atoms with Crippen LogP contribution in [0, 0.1) is 0 Å². The number of rotatable bonds is 3. The zero-order valence-electron chi connectivity index (χ0n) is 16.6. The quantitative estimate of drug-likeness (QED) is 0.733. The SMILES string of the molecule is CNc1ncc2c(n1)CC=C2c1ccn2ncc(C(=O)N3CCN(C)CC3)c2c1.[HH]. The molecule has 3 aromatic rings. The van der Waals surface area contributed by atoms with Gasteiger partial charge in [0.05, 0.1) is 23.0 Å². The number of hydrogen-bond donors (Lipinski definition) is 1. The summed E-state index contributed by atoms with van der Waals surface area (Å²) in [6, 6.07) is 4.07. The molecule has 2 aliphatic rings. The first-order valence-corrected chi connectivity index (χ1v) is 9.84. The van der Waals surface area contributed by atoms with Gasteiger partial charge >= 0.3 is 0 Å². The van der Waals surface area contributed by atoms with Gasteiger partial charge in [0.15, 0.2) is 0 Å². The number of allylic oxidation sites excluding steroid dienone is 1. The minimum Gasteiger partial charge on any atom is -0.357 e. The standard InChI is InChI=1S/C21H23N7O.H2/c1-22-21-23-12-16-15(3-4-18(16)25-21)14-5-6-28-19(11-14)17(13-24-28)20(29)27-9-7-26(2)8-10-27;/h3,5-6,11-13H,4,7-10H2,1-2H3,(H,22,23,25);1H. The Morgan fingerprint density at radius 3 is 2.83 bits per heavy atom. The molecule has 1 N–H and O–H groups in total. The average Bonchev–Trinajstić information content (AvgIpc) is 3.37. The molecule has 0 radical (unpaired) electrons. The molecule has 3 aromatic heterocycles. The Labute approximate surface area is 170 Å². The third kappa shape index (κ3) is 3.05. The normalized spacial score (nSPS) is 16.8. The van der Waals surface area contributed by atoms with E-state index in [2.05, 4.69) is 38.4 Å². The largest absolute Gasteiger partial charge is 0.357 e. The van der Waals surface area contributed by atoms with E-state index in [-0.39, 0.29) is 7.33 Å². The summed E-state index contributed by atoms with van der Waals surface area (Å²) in [5.74, 6) is 0.678. The molecule has 5 rings (SSSR count). The van der Waals surface area contributed by atoms with Crippen LogP contribution < -0.4 is 5.32 Å². The molecule has 29 heavy (non-hydrogen) atoms. The summed E-state index contributed by atoms with van der Waals surface area (Å²) in [7, 11) is 3.90. The highest BCUT2D eigenvalue weighted by Gasteiger charge is 2.24. The molecule has 0 atom stereocenters. The summed E-state index contributed by atoms with van der Waals surface area (Å²) in [6.45, 7) is 3.29. The second-order valence-corrected chi connectivity index (χ2v) is 7.52. The number of pyridine rings is 1. The summed E-state index contributed by atoms with van der Waals surface area (Å²) in [5, 5.41) is 7.37. The van der Waals surface area contributed by atoms with Crippen LogP contribution in [-0.2, 0) is 6.42 Å². The average molecular weight is 391 g/mol. The van der Waals surface area contributed by atoms with E-state index in [4.69, 9.17) is 0 Å². The van der Waals surface area contributed by atoms with Gasteiger partial charge in [-0.05, 0) is 30.3 Å². The first-order valence-electron chi connectivity index (χ1n) is 9.84. The molecule has 0 spiro atoms. The molecule has 0 saturated carbocycles. The van der Waals surface area contributed by atoms with Gasteiger partial charge in [-0.15, -0.1) is 0 Å². The number of carbonyl (C=O) groups excluding carboxylic acids is 1. The van der Waals surface area contributed by atoms with Gasteiger partial charge in [-0.3, -0.25) is 4.79 Å². The number of fused-ring (bicyclic) bond motifs is 2. The molecule has 1 aliphatic carbocycles. The minimum atomic E-state index is 0. The Kier molecular flexibility index (Phi) is 4.28. The molecular formula is C21H25N7O. The van der Waals surface area contributed by atoms with E-state index in [1.165, 1.54) is 0 Å². The predicted octanol–water partition coefficient (Wildman–Crippen LogP) is 1.79. The molecular weight excluding hydrogens is 366 g/mol. The lowest BCUT2D eigenvalue weighted by Gasteiger charge is -2.32. The summed E-state index contributed by atoms with van der Waals surface area (Å²) >= 11 is 0. The Bertz CT molecular complexity index is 1130. The van der Waals surface area contributed by atoms with Crippen LogP contribution in [0.3, 0.4) is 0 Å². The lowest BCUT2D eigenvalue weighted by molar-refractivity contribution is 0.0666. The smallest absolute Gasteiger partial charge is 0.257 e. The number of carbonyl (C=O) groups is 1. The number of nitrogens with one attached hydrogen (secondary N) is 1. The van der Waals surface area contributed by atoms with Crippen molar-refractivity contribution < 1.29 is 6.22 Å². The van der Waals surface area contributed by atoms with E-state index in [0.717, 1.165) is 60.5 Å². The lowest BCUT2D eigenvalue weighted by atomic mass is 10.0. The van der Waals surface area contributed by atoms with Gasteiger partial charge in [0, 0.05) is 59.0 Å². The first kappa shape index (κ1) is 17.8. The molecule has 0 unspecified atom stereocenters. The van der Waals surface area contributed by atoms with Gasteiger partial charge < -0.3 is 15.1 Å². The molecule has 150 valence electrons. The van der Waals surface area contributed by atoms with Gasteiger partial charge in [0.25, 0.3) is 5.91 Å². The first-order chi connectivity index (χ1) is 14.1. The number of aromatic nitrogens is 4. The molecule has 1 saturated heterocycles. The van der Waals surface area contributed by atoms with E-state index in [1.54, 1.807) is 10.7 Å². The molecule has 0 aromatic carbocycles. The number of nitrogens with zero attached hydrogens (tertiary/aromatic N) is 6. The highest BCUT2D eigenvalue weighted by atomic mass is 16.2. The summed E-state index contributed by atoms with van der Waals surface area (Å²) in [5.41, 5.74) is 5.68. The minimum absolute atomic E-state index is 0. The van der Waals surface area contributed by atoms with Crippen LogP contribution in [0.2, 0.25) is 0 Å². The van der Waals surface area contributed by atoms with E-state index in [1.807, 2.05) is 36.5 Å². The highest BCUT2D eigenvalue weighted by molar-refractivity contribution is 6.01. The maximum Gasteiger partial charge on any atom is 0.257 e. The molecule has 1 aliphatic heterocycles. The van der Waals surface area contributed by atoms with Crippen molar-refractivity contribution in [1.29, 1.82) is 0 Å². The zero-order chi connectivity index (χ0) is 20.0. The van der Waals surface area contributed by atoms with E-state index >= 15 is 0 Å². The van der Waals surface area contributed by atoms with Crippen molar-refractivity contribution >= 4 is 22.9 Å². The summed E-state index contributed by atoms with van der Waals surface area (Å²) < 4.78 is 1.77. The van der Waals surface area contributed by atoms with Crippen molar-refractivity contribution in [3.8, 4) is 0 Å². The highest BCUT2D eigenvalue weighted by Crippen LogP contribution is 2.32. The van der Waals surface area contributed by atoms with E-state index in [0.29, 0.717) is 11.5 Å². The molecule has 0 bridgehead atoms. The monoisotopic (exact) mass is 391 g/mol.